The van der Waals surface area contributed by atoms with Gasteiger partial charge in [0.05, 0.1) is 5.25 Å². The Hall–Kier alpha value is -0.150. The first-order valence-electron chi connectivity index (χ1n) is 3.89. The maximum Gasteiger partial charge on any atom is 0.233 e. The molecule has 1 aliphatic heterocycles. The second kappa shape index (κ2) is 4.77. The number of thioether (sulfide) groups is 1. The fourth-order valence-electron chi connectivity index (χ4n) is 0.994. The highest BCUT2D eigenvalue weighted by Gasteiger charge is 2.23. The van der Waals surface area contributed by atoms with E-state index in [1.165, 1.54) is 0 Å². The Bertz CT molecular complexity index is 205. The van der Waals surface area contributed by atoms with E-state index >= 15 is 0 Å². The highest BCUT2D eigenvalue weighted by atomic mass is 35.5. The third-order valence-corrected chi connectivity index (χ3v) is 3.54. The lowest BCUT2D eigenvalue weighted by Gasteiger charge is -2.05. The van der Waals surface area contributed by atoms with Crippen LogP contribution in [0.5, 0.6) is 0 Å². The van der Waals surface area contributed by atoms with Crippen molar-refractivity contribution in [3.8, 4) is 0 Å². The first kappa shape index (κ1) is 9.93. The minimum Gasteiger partial charge on any atom is -0.355 e. The van der Waals surface area contributed by atoms with Gasteiger partial charge in [-0.3, -0.25) is 4.79 Å². The third-order valence-electron chi connectivity index (χ3n) is 1.70. The van der Waals surface area contributed by atoms with Crippen molar-refractivity contribution < 1.29 is 4.79 Å². The molecule has 1 amide bonds. The van der Waals surface area contributed by atoms with Gasteiger partial charge in [-0.25, -0.2) is 0 Å². The van der Waals surface area contributed by atoms with Crippen molar-refractivity contribution in [1.82, 2.24) is 5.32 Å². The van der Waals surface area contributed by atoms with Gasteiger partial charge in [0.15, 0.2) is 0 Å². The van der Waals surface area contributed by atoms with Crippen LogP contribution in [0.2, 0.25) is 0 Å². The Morgan fingerprint density at radius 2 is 2.67 bits per heavy atom. The standard InChI is InChI=1S/C8H12ClNOS/c1-6(4-9)5-12-7-2-3-10-8(7)11/h4,7H,2-3,5H2,1H3,(H,10,11)/b6-4+. The molecule has 2 nitrogen and oxygen atoms in total. The molecule has 0 bridgehead atoms. The van der Waals surface area contributed by atoms with E-state index in [4.69, 9.17) is 11.6 Å². The highest BCUT2D eigenvalue weighted by molar-refractivity contribution is 8.00. The molecule has 68 valence electrons. The molecule has 1 unspecified atom stereocenters. The van der Waals surface area contributed by atoms with E-state index in [1.54, 1.807) is 17.3 Å². The number of hydrogen-bond acceptors (Lipinski definition) is 2. The second-order valence-corrected chi connectivity index (χ2v) is 4.24. The van der Waals surface area contributed by atoms with Gasteiger partial charge in [0.25, 0.3) is 0 Å². The Labute approximate surface area is 81.7 Å². The summed E-state index contributed by atoms with van der Waals surface area (Å²) in [5.74, 6) is 1.02. The molecule has 0 aromatic rings. The van der Waals surface area contributed by atoms with Crippen LogP contribution in [0.4, 0.5) is 0 Å². The number of halogens is 1. The first-order chi connectivity index (χ1) is 5.74. The highest BCUT2D eigenvalue weighted by Crippen LogP contribution is 2.20. The lowest BCUT2D eigenvalue weighted by atomic mass is 10.4. The zero-order valence-corrected chi connectivity index (χ0v) is 8.54. The van der Waals surface area contributed by atoms with Crippen molar-refractivity contribution in [2.75, 3.05) is 12.3 Å². The van der Waals surface area contributed by atoms with E-state index in [9.17, 15) is 4.79 Å². The summed E-state index contributed by atoms with van der Waals surface area (Å²) in [6, 6.07) is 0. The fourth-order valence-corrected chi connectivity index (χ4v) is 2.23. The molecule has 1 atom stereocenters. The molecular weight excluding hydrogens is 194 g/mol. The lowest BCUT2D eigenvalue weighted by molar-refractivity contribution is -0.118. The number of amides is 1. The molecule has 1 N–H and O–H groups in total. The SMILES string of the molecule is C/C(=C\Cl)CSC1CCNC1=O. The molecule has 0 aliphatic carbocycles. The van der Waals surface area contributed by atoms with Gasteiger partial charge in [-0.15, -0.1) is 11.8 Å². The predicted molar refractivity (Wildman–Crippen MR) is 53.5 cm³/mol. The van der Waals surface area contributed by atoms with Crippen LogP contribution in [0.3, 0.4) is 0 Å². The van der Waals surface area contributed by atoms with E-state index in [1.807, 2.05) is 6.92 Å². The van der Waals surface area contributed by atoms with Crippen LogP contribution in [0.25, 0.3) is 0 Å². The number of nitrogens with one attached hydrogen (secondary N) is 1. The molecule has 1 aliphatic rings. The third kappa shape index (κ3) is 2.72. The predicted octanol–water partition coefficient (Wildman–Crippen LogP) is 1.75. The Kier molecular flexibility index (Phi) is 3.95. The summed E-state index contributed by atoms with van der Waals surface area (Å²) < 4.78 is 0. The normalized spacial score (nSPS) is 24.3. The van der Waals surface area contributed by atoms with Crippen LogP contribution in [0, 0.1) is 0 Å². The molecule has 0 radical (unpaired) electrons. The average Bonchev–Trinajstić information content (AvgIpc) is 2.47. The Morgan fingerprint density at radius 3 is 3.17 bits per heavy atom. The first-order valence-corrected chi connectivity index (χ1v) is 5.37. The molecule has 12 heavy (non-hydrogen) atoms. The van der Waals surface area contributed by atoms with Gasteiger partial charge in [-0.1, -0.05) is 17.2 Å². The van der Waals surface area contributed by atoms with Gasteiger partial charge in [0.1, 0.15) is 0 Å². The maximum atomic E-state index is 11.1. The maximum absolute atomic E-state index is 11.1. The molecule has 1 saturated heterocycles. The van der Waals surface area contributed by atoms with Crippen molar-refractivity contribution >= 4 is 29.3 Å². The summed E-state index contributed by atoms with van der Waals surface area (Å²) in [4.78, 5) is 11.1. The number of rotatable bonds is 3. The van der Waals surface area contributed by atoms with Crippen molar-refractivity contribution in [2.45, 2.75) is 18.6 Å². The van der Waals surface area contributed by atoms with Gasteiger partial charge in [-0.05, 0) is 13.3 Å². The van der Waals surface area contributed by atoms with Crippen LogP contribution in [0.1, 0.15) is 13.3 Å². The zero-order valence-electron chi connectivity index (χ0n) is 6.97. The zero-order chi connectivity index (χ0) is 8.97. The van der Waals surface area contributed by atoms with Gasteiger partial charge in [0, 0.05) is 17.8 Å². The molecular formula is C8H12ClNOS. The van der Waals surface area contributed by atoms with Gasteiger partial charge in [-0.2, -0.15) is 0 Å². The monoisotopic (exact) mass is 205 g/mol. The summed E-state index contributed by atoms with van der Waals surface area (Å²) in [7, 11) is 0. The van der Waals surface area contributed by atoms with Crippen LogP contribution >= 0.6 is 23.4 Å². The van der Waals surface area contributed by atoms with Crippen molar-refractivity contribution in [2.24, 2.45) is 0 Å². The minimum atomic E-state index is 0.136. The van der Waals surface area contributed by atoms with Gasteiger partial charge >= 0.3 is 0 Å². The minimum absolute atomic E-state index is 0.136. The van der Waals surface area contributed by atoms with Crippen LogP contribution in [-0.2, 0) is 4.79 Å². The molecule has 0 spiro atoms. The molecule has 0 aromatic carbocycles. The summed E-state index contributed by atoms with van der Waals surface area (Å²) in [6.07, 6.45) is 0.944. The van der Waals surface area contributed by atoms with Crippen molar-refractivity contribution in [3.63, 3.8) is 0 Å². The van der Waals surface area contributed by atoms with E-state index in [2.05, 4.69) is 5.32 Å². The van der Waals surface area contributed by atoms with Gasteiger partial charge < -0.3 is 5.32 Å². The smallest absolute Gasteiger partial charge is 0.233 e. The quantitative estimate of drug-likeness (QED) is 0.761. The molecule has 1 rings (SSSR count). The second-order valence-electron chi connectivity index (χ2n) is 2.83. The molecule has 1 heterocycles. The Morgan fingerprint density at radius 1 is 1.92 bits per heavy atom. The summed E-state index contributed by atoms with van der Waals surface area (Å²) in [5.41, 5.74) is 2.68. The molecule has 0 saturated carbocycles. The number of hydrogen-bond donors (Lipinski definition) is 1. The lowest BCUT2D eigenvalue weighted by Crippen LogP contribution is -2.20. The number of carbonyl (C=O) groups is 1. The van der Waals surface area contributed by atoms with Crippen LogP contribution < -0.4 is 5.32 Å². The van der Waals surface area contributed by atoms with Crippen molar-refractivity contribution in [1.29, 1.82) is 0 Å². The van der Waals surface area contributed by atoms with E-state index < -0.39 is 0 Å². The van der Waals surface area contributed by atoms with E-state index in [0.717, 1.165) is 24.3 Å². The molecule has 4 heteroatoms. The average molecular weight is 206 g/mol. The summed E-state index contributed by atoms with van der Waals surface area (Å²) in [6.45, 7) is 2.78. The van der Waals surface area contributed by atoms with Crippen LogP contribution in [-0.4, -0.2) is 23.5 Å². The fraction of sp³-hybridized carbons (Fsp3) is 0.625. The van der Waals surface area contributed by atoms with Crippen molar-refractivity contribution in [3.05, 3.63) is 11.1 Å². The van der Waals surface area contributed by atoms with E-state index in [-0.39, 0.29) is 11.2 Å². The summed E-state index contributed by atoms with van der Waals surface area (Å²) >= 11 is 7.16. The molecule has 1 fully saturated rings. The van der Waals surface area contributed by atoms with Gasteiger partial charge in [0.2, 0.25) is 5.91 Å². The largest absolute Gasteiger partial charge is 0.355 e. The number of carbonyl (C=O) groups excluding carboxylic acids is 1. The summed E-state index contributed by atoms with van der Waals surface area (Å²) in [5, 5.41) is 2.93. The van der Waals surface area contributed by atoms with Crippen LogP contribution in [0.15, 0.2) is 11.1 Å². The van der Waals surface area contributed by atoms with E-state index in [0.29, 0.717) is 0 Å². The Balaban J connectivity index is 2.27. The topological polar surface area (TPSA) is 29.1 Å². The molecule has 0 aromatic heterocycles.